The van der Waals surface area contributed by atoms with E-state index in [-0.39, 0.29) is 0 Å². The van der Waals surface area contributed by atoms with Gasteiger partial charge in [-0.2, -0.15) is 5.10 Å². The monoisotopic (exact) mass is 276 g/mol. The maximum absolute atomic E-state index is 4.56. The van der Waals surface area contributed by atoms with Gasteiger partial charge in [0.1, 0.15) is 5.82 Å². The maximum atomic E-state index is 4.56. The molecular formula is C17H16N4. The zero-order valence-electron chi connectivity index (χ0n) is 12.0. The van der Waals surface area contributed by atoms with Gasteiger partial charge < -0.3 is 0 Å². The molecule has 0 saturated heterocycles. The summed E-state index contributed by atoms with van der Waals surface area (Å²) >= 11 is 0. The zero-order chi connectivity index (χ0) is 14.7. The molecule has 0 radical (unpaired) electrons. The lowest BCUT2D eigenvalue weighted by Gasteiger charge is -2.06. The van der Waals surface area contributed by atoms with Crippen LogP contribution in [0.2, 0.25) is 0 Å². The van der Waals surface area contributed by atoms with Gasteiger partial charge in [0.05, 0.1) is 16.9 Å². The average Bonchev–Trinajstić information content (AvgIpc) is 2.53. The van der Waals surface area contributed by atoms with Gasteiger partial charge in [0.25, 0.3) is 0 Å². The number of hydrogen-bond acceptors (Lipinski definition) is 4. The summed E-state index contributed by atoms with van der Waals surface area (Å²) in [6, 6.07) is 15.8. The van der Waals surface area contributed by atoms with Crippen molar-refractivity contribution in [3.05, 3.63) is 66.0 Å². The van der Waals surface area contributed by atoms with Crippen LogP contribution >= 0.6 is 0 Å². The van der Waals surface area contributed by atoms with Crippen molar-refractivity contribution in [2.75, 3.05) is 5.43 Å². The molecule has 4 heteroatoms. The highest BCUT2D eigenvalue weighted by Gasteiger charge is 2.02. The fraction of sp³-hybridized carbons (Fsp3) is 0.118. The third-order valence-electron chi connectivity index (χ3n) is 3.30. The number of hydrazone groups is 1. The zero-order valence-corrected chi connectivity index (χ0v) is 12.0. The minimum atomic E-state index is 0.737. The van der Waals surface area contributed by atoms with Gasteiger partial charge in [-0.1, -0.05) is 24.3 Å². The third-order valence-corrected chi connectivity index (χ3v) is 3.30. The Labute approximate surface area is 123 Å². The van der Waals surface area contributed by atoms with Gasteiger partial charge in [-0.3, -0.25) is 10.4 Å². The van der Waals surface area contributed by atoms with Gasteiger partial charge >= 0.3 is 0 Å². The second-order valence-electron chi connectivity index (χ2n) is 4.87. The summed E-state index contributed by atoms with van der Waals surface area (Å²) in [5, 5.41) is 5.51. The van der Waals surface area contributed by atoms with E-state index in [1.54, 1.807) is 6.20 Å². The lowest BCUT2D eigenvalue weighted by atomic mass is 10.1. The lowest BCUT2D eigenvalue weighted by molar-refractivity contribution is 1.21. The van der Waals surface area contributed by atoms with E-state index in [0.717, 1.165) is 28.1 Å². The van der Waals surface area contributed by atoms with Crippen LogP contribution in [0.3, 0.4) is 0 Å². The molecule has 3 aromatic rings. The average molecular weight is 276 g/mol. The molecule has 3 rings (SSSR count). The van der Waals surface area contributed by atoms with Crippen molar-refractivity contribution in [3.63, 3.8) is 0 Å². The summed E-state index contributed by atoms with van der Waals surface area (Å²) < 4.78 is 0. The predicted molar refractivity (Wildman–Crippen MR) is 86.6 cm³/mol. The van der Waals surface area contributed by atoms with Crippen molar-refractivity contribution in [3.8, 4) is 0 Å². The van der Waals surface area contributed by atoms with Crippen LogP contribution in [0.4, 0.5) is 5.82 Å². The molecule has 0 fully saturated rings. The van der Waals surface area contributed by atoms with Crippen LogP contribution in [0.1, 0.15) is 18.2 Å². The Morgan fingerprint density at radius 1 is 1.10 bits per heavy atom. The minimum Gasteiger partial charge on any atom is -0.261 e. The smallest absolute Gasteiger partial charge is 0.147 e. The minimum absolute atomic E-state index is 0.737. The molecule has 0 bridgehead atoms. The molecule has 21 heavy (non-hydrogen) atoms. The van der Waals surface area contributed by atoms with Crippen LogP contribution < -0.4 is 5.43 Å². The fourth-order valence-corrected chi connectivity index (χ4v) is 2.18. The van der Waals surface area contributed by atoms with Crippen LogP contribution in [-0.2, 0) is 0 Å². The van der Waals surface area contributed by atoms with Crippen molar-refractivity contribution in [2.24, 2.45) is 5.10 Å². The number of nitrogens with one attached hydrogen (secondary N) is 1. The molecule has 2 aromatic heterocycles. The van der Waals surface area contributed by atoms with Gasteiger partial charge in [-0.05, 0) is 43.7 Å². The quantitative estimate of drug-likeness (QED) is 0.585. The Morgan fingerprint density at radius 2 is 1.90 bits per heavy atom. The van der Waals surface area contributed by atoms with Gasteiger partial charge in [0.15, 0.2) is 0 Å². The largest absolute Gasteiger partial charge is 0.261 e. The van der Waals surface area contributed by atoms with E-state index >= 15 is 0 Å². The molecular weight excluding hydrogens is 260 g/mol. The first-order chi connectivity index (χ1) is 10.2. The van der Waals surface area contributed by atoms with Crippen LogP contribution in [-0.4, -0.2) is 15.7 Å². The van der Waals surface area contributed by atoms with Crippen molar-refractivity contribution in [2.45, 2.75) is 13.8 Å². The molecule has 0 aliphatic rings. The number of aromatic nitrogens is 2. The molecule has 0 atom stereocenters. The predicted octanol–water partition coefficient (Wildman–Crippen LogP) is 3.77. The first kappa shape index (κ1) is 13.2. The molecule has 1 aromatic carbocycles. The van der Waals surface area contributed by atoms with Gasteiger partial charge in [0.2, 0.25) is 0 Å². The number of rotatable bonds is 3. The van der Waals surface area contributed by atoms with E-state index in [1.165, 1.54) is 5.56 Å². The number of anilines is 1. The van der Waals surface area contributed by atoms with Crippen molar-refractivity contribution >= 4 is 22.4 Å². The summed E-state index contributed by atoms with van der Waals surface area (Å²) in [7, 11) is 0. The summed E-state index contributed by atoms with van der Waals surface area (Å²) in [5.74, 6) is 0.737. The molecule has 0 aliphatic heterocycles. The van der Waals surface area contributed by atoms with E-state index in [2.05, 4.69) is 33.5 Å². The Kier molecular flexibility index (Phi) is 3.60. The number of para-hydroxylation sites is 1. The molecule has 0 unspecified atom stereocenters. The fourth-order valence-electron chi connectivity index (χ4n) is 2.18. The highest BCUT2D eigenvalue weighted by atomic mass is 15.3. The summed E-state index contributed by atoms with van der Waals surface area (Å²) in [4.78, 5) is 8.83. The van der Waals surface area contributed by atoms with Gasteiger partial charge in [-0.15, -0.1) is 0 Å². The molecule has 0 saturated carbocycles. The molecule has 0 spiro atoms. The molecule has 4 nitrogen and oxygen atoms in total. The van der Waals surface area contributed by atoms with Crippen LogP contribution in [0, 0.1) is 6.92 Å². The van der Waals surface area contributed by atoms with Crippen LogP contribution in [0.5, 0.6) is 0 Å². The molecule has 0 aliphatic carbocycles. The normalized spacial score (nSPS) is 11.6. The number of nitrogens with zero attached hydrogens (tertiary/aromatic N) is 3. The molecule has 2 heterocycles. The number of hydrogen-bond donors (Lipinski definition) is 1. The highest BCUT2D eigenvalue weighted by molar-refractivity contribution is 5.97. The first-order valence-corrected chi connectivity index (χ1v) is 6.82. The van der Waals surface area contributed by atoms with E-state index in [9.17, 15) is 0 Å². The van der Waals surface area contributed by atoms with E-state index in [1.807, 2.05) is 49.4 Å². The van der Waals surface area contributed by atoms with E-state index in [4.69, 9.17) is 0 Å². The number of pyridine rings is 2. The van der Waals surface area contributed by atoms with Crippen LogP contribution in [0.25, 0.3) is 10.9 Å². The van der Waals surface area contributed by atoms with Crippen molar-refractivity contribution < 1.29 is 0 Å². The number of benzene rings is 1. The Hall–Kier alpha value is -2.75. The Bertz CT molecular complexity index is 794. The topological polar surface area (TPSA) is 50.2 Å². The SMILES string of the molecule is C/C(=N\Nc1cc(C)c2ccccc2n1)c1ccccn1. The maximum Gasteiger partial charge on any atom is 0.147 e. The third kappa shape index (κ3) is 2.89. The van der Waals surface area contributed by atoms with E-state index in [0.29, 0.717) is 0 Å². The summed E-state index contributed by atoms with van der Waals surface area (Å²) in [6.45, 7) is 3.99. The van der Waals surface area contributed by atoms with Gasteiger partial charge in [-0.25, -0.2) is 4.98 Å². The lowest BCUT2D eigenvalue weighted by Crippen LogP contribution is -2.03. The Morgan fingerprint density at radius 3 is 2.71 bits per heavy atom. The second kappa shape index (κ2) is 5.71. The number of aryl methyl sites for hydroxylation is 1. The van der Waals surface area contributed by atoms with Gasteiger partial charge in [0, 0.05) is 11.6 Å². The van der Waals surface area contributed by atoms with Crippen molar-refractivity contribution in [1.82, 2.24) is 9.97 Å². The molecule has 104 valence electrons. The summed E-state index contributed by atoms with van der Waals surface area (Å²) in [6.07, 6.45) is 1.76. The van der Waals surface area contributed by atoms with E-state index < -0.39 is 0 Å². The second-order valence-corrected chi connectivity index (χ2v) is 4.87. The molecule has 1 N–H and O–H groups in total. The molecule has 0 amide bonds. The number of fused-ring (bicyclic) bond motifs is 1. The summed E-state index contributed by atoms with van der Waals surface area (Å²) in [5.41, 5.74) is 6.82. The van der Waals surface area contributed by atoms with Crippen molar-refractivity contribution in [1.29, 1.82) is 0 Å². The van der Waals surface area contributed by atoms with Crippen LogP contribution in [0.15, 0.2) is 59.8 Å². The first-order valence-electron chi connectivity index (χ1n) is 6.82. The highest BCUT2D eigenvalue weighted by Crippen LogP contribution is 2.19. The standard InChI is InChI=1S/C17H16N4/c1-12-11-17(19-16-9-4-3-7-14(12)16)21-20-13(2)15-8-5-6-10-18-15/h3-11H,1-2H3,(H,19,21)/b20-13+. The Balaban J connectivity index is 1.89.